The fourth-order valence-electron chi connectivity index (χ4n) is 1.79. The van der Waals surface area contributed by atoms with Gasteiger partial charge in [-0.1, -0.05) is 19.1 Å². The SMILES string of the molecule is CCCNC(C)c1ccc(OC2COC2)cc1. The van der Waals surface area contributed by atoms with Crippen molar-refractivity contribution in [2.45, 2.75) is 32.4 Å². The van der Waals surface area contributed by atoms with E-state index in [0.29, 0.717) is 6.04 Å². The molecule has 3 heteroatoms. The van der Waals surface area contributed by atoms with Gasteiger partial charge in [0, 0.05) is 6.04 Å². The quantitative estimate of drug-likeness (QED) is 0.822. The highest BCUT2D eigenvalue weighted by Crippen LogP contribution is 2.20. The van der Waals surface area contributed by atoms with E-state index in [1.165, 1.54) is 5.56 Å². The maximum absolute atomic E-state index is 5.72. The average molecular weight is 235 g/mol. The van der Waals surface area contributed by atoms with Crippen molar-refractivity contribution < 1.29 is 9.47 Å². The van der Waals surface area contributed by atoms with E-state index in [-0.39, 0.29) is 6.10 Å². The summed E-state index contributed by atoms with van der Waals surface area (Å²) in [7, 11) is 0. The van der Waals surface area contributed by atoms with Crippen LogP contribution in [-0.2, 0) is 4.74 Å². The third-order valence-corrected chi connectivity index (χ3v) is 2.99. The Morgan fingerprint density at radius 1 is 1.35 bits per heavy atom. The van der Waals surface area contributed by atoms with Gasteiger partial charge in [0.2, 0.25) is 0 Å². The molecule has 1 unspecified atom stereocenters. The van der Waals surface area contributed by atoms with Gasteiger partial charge in [-0.3, -0.25) is 0 Å². The molecule has 0 aliphatic carbocycles. The molecule has 0 spiro atoms. The Kier molecular flexibility index (Phi) is 4.40. The summed E-state index contributed by atoms with van der Waals surface area (Å²) < 4.78 is 10.8. The van der Waals surface area contributed by atoms with Gasteiger partial charge in [0.05, 0.1) is 13.2 Å². The third-order valence-electron chi connectivity index (χ3n) is 2.99. The standard InChI is InChI=1S/C14H21NO2/c1-3-8-15-11(2)12-4-6-13(7-5-12)17-14-9-16-10-14/h4-7,11,14-15H,3,8-10H2,1-2H3. The largest absolute Gasteiger partial charge is 0.486 e. The topological polar surface area (TPSA) is 30.5 Å². The Morgan fingerprint density at radius 3 is 2.59 bits per heavy atom. The van der Waals surface area contributed by atoms with E-state index in [1.54, 1.807) is 0 Å². The van der Waals surface area contributed by atoms with Gasteiger partial charge < -0.3 is 14.8 Å². The van der Waals surface area contributed by atoms with Gasteiger partial charge in [0.15, 0.2) is 0 Å². The molecule has 17 heavy (non-hydrogen) atoms. The minimum Gasteiger partial charge on any atom is -0.486 e. The molecule has 0 radical (unpaired) electrons. The van der Waals surface area contributed by atoms with Gasteiger partial charge in [0.1, 0.15) is 11.9 Å². The van der Waals surface area contributed by atoms with Gasteiger partial charge in [-0.25, -0.2) is 0 Å². The summed E-state index contributed by atoms with van der Waals surface area (Å²) in [5.41, 5.74) is 1.30. The van der Waals surface area contributed by atoms with Crippen LogP contribution in [-0.4, -0.2) is 25.9 Å². The first-order valence-electron chi connectivity index (χ1n) is 6.37. The Bertz CT molecular complexity index is 333. The zero-order chi connectivity index (χ0) is 12.1. The lowest BCUT2D eigenvalue weighted by molar-refractivity contribution is -0.0796. The van der Waals surface area contributed by atoms with Crippen molar-refractivity contribution in [3.8, 4) is 5.75 Å². The highest BCUT2D eigenvalue weighted by Gasteiger charge is 2.19. The van der Waals surface area contributed by atoms with E-state index in [9.17, 15) is 0 Å². The van der Waals surface area contributed by atoms with Crippen LogP contribution >= 0.6 is 0 Å². The molecule has 1 aromatic rings. The lowest BCUT2D eigenvalue weighted by Crippen LogP contribution is -2.38. The van der Waals surface area contributed by atoms with E-state index in [2.05, 4.69) is 31.3 Å². The Labute approximate surface area is 103 Å². The van der Waals surface area contributed by atoms with E-state index in [4.69, 9.17) is 9.47 Å². The fraction of sp³-hybridized carbons (Fsp3) is 0.571. The van der Waals surface area contributed by atoms with Gasteiger partial charge in [-0.05, 0) is 37.6 Å². The number of ether oxygens (including phenoxy) is 2. The first kappa shape index (κ1) is 12.4. The molecule has 1 heterocycles. The molecule has 0 bridgehead atoms. The molecule has 0 amide bonds. The van der Waals surface area contributed by atoms with Crippen molar-refractivity contribution in [1.29, 1.82) is 0 Å². The molecular formula is C14H21NO2. The van der Waals surface area contributed by atoms with Gasteiger partial charge in [-0.15, -0.1) is 0 Å². The predicted molar refractivity (Wildman–Crippen MR) is 68.4 cm³/mol. The highest BCUT2D eigenvalue weighted by atomic mass is 16.6. The van der Waals surface area contributed by atoms with Gasteiger partial charge >= 0.3 is 0 Å². The maximum Gasteiger partial charge on any atom is 0.145 e. The highest BCUT2D eigenvalue weighted by molar-refractivity contribution is 5.29. The molecule has 1 atom stereocenters. The summed E-state index contributed by atoms with van der Waals surface area (Å²) in [6.07, 6.45) is 1.41. The monoisotopic (exact) mass is 235 g/mol. The zero-order valence-corrected chi connectivity index (χ0v) is 10.6. The molecule has 1 aliphatic heterocycles. The number of rotatable bonds is 6. The van der Waals surface area contributed by atoms with Crippen LogP contribution in [0, 0.1) is 0 Å². The average Bonchev–Trinajstić information content (AvgIpc) is 2.31. The second kappa shape index (κ2) is 6.03. The number of hydrogen-bond acceptors (Lipinski definition) is 3. The third kappa shape index (κ3) is 3.45. The smallest absolute Gasteiger partial charge is 0.145 e. The Morgan fingerprint density at radius 2 is 2.06 bits per heavy atom. The molecule has 3 nitrogen and oxygen atoms in total. The Hall–Kier alpha value is -1.06. The Balaban J connectivity index is 1.87. The summed E-state index contributed by atoms with van der Waals surface area (Å²) in [5.74, 6) is 0.935. The van der Waals surface area contributed by atoms with E-state index >= 15 is 0 Å². The second-order valence-corrected chi connectivity index (χ2v) is 4.52. The van der Waals surface area contributed by atoms with Gasteiger partial charge in [-0.2, -0.15) is 0 Å². The maximum atomic E-state index is 5.72. The van der Waals surface area contributed by atoms with Crippen LogP contribution in [0.25, 0.3) is 0 Å². The number of hydrogen-bond donors (Lipinski definition) is 1. The molecule has 2 rings (SSSR count). The fourth-order valence-corrected chi connectivity index (χ4v) is 1.79. The number of benzene rings is 1. The molecule has 94 valence electrons. The molecule has 1 saturated heterocycles. The molecule has 0 saturated carbocycles. The second-order valence-electron chi connectivity index (χ2n) is 4.52. The van der Waals surface area contributed by atoms with Crippen molar-refractivity contribution in [3.63, 3.8) is 0 Å². The predicted octanol–water partition coefficient (Wildman–Crippen LogP) is 2.52. The van der Waals surface area contributed by atoms with Crippen LogP contribution < -0.4 is 10.1 Å². The normalized spacial score (nSPS) is 17.5. The molecule has 1 fully saturated rings. The van der Waals surface area contributed by atoms with E-state index in [1.807, 2.05) is 12.1 Å². The lowest BCUT2D eigenvalue weighted by Gasteiger charge is -2.26. The summed E-state index contributed by atoms with van der Waals surface area (Å²) in [5, 5.41) is 3.47. The van der Waals surface area contributed by atoms with Crippen molar-refractivity contribution in [2.24, 2.45) is 0 Å². The van der Waals surface area contributed by atoms with Crippen molar-refractivity contribution >= 4 is 0 Å². The molecule has 1 aliphatic rings. The van der Waals surface area contributed by atoms with E-state index < -0.39 is 0 Å². The number of nitrogens with one attached hydrogen (secondary N) is 1. The molecular weight excluding hydrogens is 214 g/mol. The summed E-state index contributed by atoms with van der Waals surface area (Å²) >= 11 is 0. The summed E-state index contributed by atoms with van der Waals surface area (Å²) in [6.45, 7) is 6.86. The first-order chi connectivity index (χ1) is 8.29. The minimum absolute atomic E-state index is 0.247. The molecule has 0 aromatic heterocycles. The zero-order valence-electron chi connectivity index (χ0n) is 10.6. The first-order valence-corrected chi connectivity index (χ1v) is 6.37. The van der Waals surface area contributed by atoms with Crippen LogP contribution in [0.4, 0.5) is 0 Å². The molecule has 1 N–H and O–H groups in total. The van der Waals surface area contributed by atoms with Crippen molar-refractivity contribution in [2.75, 3.05) is 19.8 Å². The van der Waals surface area contributed by atoms with Crippen LogP contribution in [0.2, 0.25) is 0 Å². The van der Waals surface area contributed by atoms with E-state index in [0.717, 1.165) is 31.9 Å². The minimum atomic E-state index is 0.247. The van der Waals surface area contributed by atoms with Crippen LogP contribution in [0.3, 0.4) is 0 Å². The van der Waals surface area contributed by atoms with Crippen LogP contribution in [0.5, 0.6) is 5.75 Å². The van der Waals surface area contributed by atoms with Crippen molar-refractivity contribution in [3.05, 3.63) is 29.8 Å². The van der Waals surface area contributed by atoms with Crippen LogP contribution in [0.15, 0.2) is 24.3 Å². The molecule has 1 aromatic carbocycles. The van der Waals surface area contributed by atoms with Crippen molar-refractivity contribution in [1.82, 2.24) is 5.32 Å². The summed E-state index contributed by atoms with van der Waals surface area (Å²) in [4.78, 5) is 0. The lowest BCUT2D eigenvalue weighted by atomic mass is 10.1. The van der Waals surface area contributed by atoms with Crippen LogP contribution in [0.1, 0.15) is 31.9 Å². The van der Waals surface area contributed by atoms with Gasteiger partial charge in [0.25, 0.3) is 0 Å². The summed E-state index contributed by atoms with van der Waals surface area (Å²) in [6, 6.07) is 8.73.